The molecule has 4 rings (SSSR count). The van der Waals surface area contributed by atoms with Gasteiger partial charge in [0.05, 0.1) is 11.3 Å². The number of nitrogens with two attached hydrogens (primary N) is 1. The predicted molar refractivity (Wildman–Crippen MR) is 179 cm³/mol. The molecule has 0 aliphatic carbocycles. The Kier molecular flexibility index (Phi) is 9.69. The van der Waals surface area contributed by atoms with Crippen LogP contribution in [0.1, 0.15) is 65.1 Å². The zero-order valence-corrected chi connectivity index (χ0v) is 26.5. The van der Waals surface area contributed by atoms with E-state index in [1.807, 2.05) is 81.4 Å². The van der Waals surface area contributed by atoms with Crippen molar-refractivity contribution in [3.05, 3.63) is 94.6 Å². The first-order valence-corrected chi connectivity index (χ1v) is 14.7. The van der Waals surface area contributed by atoms with Crippen molar-refractivity contribution in [1.82, 2.24) is 10.2 Å². The van der Waals surface area contributed by atoms with Gasteiger partial charge in [0, 0.05) is 47.2 Å². The van der Waals surface area contributed by atoms with E-state index in [1.54, 1.807) is 18.2 Å². The summed E-state index contributed by atoms with van der Waals surface area (Å²) in [6.45, 7) is 11.3. The molecule has 1 heterocycles. The lowest BCUT2D eigenvalue weighted by Crippen LogP contribution is -2.32. The number of amides is 2. The van der Waals surface area contributed by atoms with Crippen molar-refractivity contribution in [2.75, 3.05) is 43.6 Å². The maximum atomic E-state index is 13.1. The number of benzene rings is 3. The van der Waals surface area contributed by atoms with Crippen molar-refractivity contribution in [2.24, 2.45) is 10.9 Å². The van der Waals surface area contributed by atoms with Gasteiger partial charge in [-0.1, -0.05) is 52.0 Å². The number of Topliss-reactive ketones (excluding diaryl/α,β-unsaturated/α-hetero) is 1. The van der Waals surface area contributed by atoms with Crippen LogP contribution in [0.4, 0.5) is 17.1 Å². The summed E-state index contributed by atoms with van der Waals surface area (Å²) in [6, 6.07) is 18.2. The maximum absolute atomic E-state index is 13.1. The van der Waals surface area contributed by atoms with E-state index in [4.69, 9.17) is 5.73 Å². The normalized spacial score (nSPS) is 15.0. The van der Waals surface area contributed by atoms with Gasteiger partial charge in [0.1, 0.15) is 0 Å². The summed E-state index contributed by atoms with van der Waals surface area (Å²) in [5.74, 6) is -0.887. The zero-order chi connectivity index (χ0) is 32.2. The number of allylic oxidation sites excluding steroid dienone is 1. The van der Waals surface area contributed by atoms with Crippen LogP contribution in [-0.4, -0.2) is 55.5 Å². The Balaban J connectivity index is 1.53. The minimum Gasteiger partial charge on any atom is -0.398 e. The van der Waals surface area contributed by atoms with Crippen molar-refractivity contribution < 1.29 is 14.4 Å². The summed E-state index contributed by atoms with van der Waals surface area (Å²) in [4.78, 5) is 45.4. The van der Waals surface area contributed by atoms with Crippen LogP contribution in [0, 0.1) is 12.8 Å². The lowest BCUT2D eigenvalue weighted by Gasteiger charge is -2.21. The number of nitrogen functional groups attached to an aromatic ring is 1. The fourth-order valence-electron chi connectivity index (χ4n) is 4.82. The minimum atomic E-state index is -0.428. The molecular weight excluding hydrogens is 552 g/mol. The molecule has 1 unspecified atom stereocenters. The molecule has 0 fully saturated rings. The summed E-state index contributed by atoms with van der Waals surface area (Å²) in [6.07, 6.45) is 1.82. The SMILES string of the molecule is Cc1c(NC(=O)c2ccc(C(C)(C)C)cc2)cccc1C1=CC(C)C(=O)C(Nc2ccc(C(=O)NCCN(C)C)c(N)c2)=N1. The second-order valence-corrected chi connectivity index (χ2v) is 12.4. The van der Waals surface area contributed by atoms with Crippen molar-refractivity contribution in [3.8, 4) is 0 Å². The van der Waals surface area contributed by atoms with E-state index in [1.165, 1.54) is 0 Å². The highest BCUT2D eigenvalue weighted by Crippen LogP contribution is 2.31. The number of amidine groups is 1. The summed E-state index contributed by atoms with van der Waals surface area (Å²) in [5, 5.41) is 8.98. The van der Waals surface area contributed by atoms with E-state index >= 15 is 0 Å². The third-order valence-electron chi connectivity index (χ3n) is 7.56. The number of aliphatic imine (C=N–C) groups is 1. The number of likely N-dealkylation sites (N-methyl/N-ethyl adjacent to an activating group) is 1. The molecule has 3 aromatic rings. The molecule has 1 aliphatic rings. The number of nitrogens with one attached hydrogen (secondary N) is 3. The number of hydrogen-bond donors (Lipinski definition) is 4. The number of anilines is 3. The number of rotatable bonds is 8. The quantitative estimate of drug-likeness (QED) is 0.255. The molecule has 44 heavy (non-hydrogen) atoms. The summed E-state index contributed by atoms with van der Waals surface area (Å²) in [7, 11) is 3.86. The van der Waals surface area contributed by atoms with E-state index in [0.717, 1.165) is 16.7 Å². The third-order valence-corrected chi connectivity index (χ3v) is 7.56. The number of nitrogens with zero attached hydrogens (tertiary/aromatic N) is 2. The van der Waals surface area contributed by atoms with E-state index in [-0.39, 0.29) is 34.5 Å². The summed E-state index contributed by atoms with van der Waals surface area (Å²) < 4.78 is 0. The van der Waals surface area contributed by atoms with Gasteiger partial charge >= 0.3 is 0 Å². The standard InChI is InChI=1S/C35H42N6O3/c1-21-19-30(26-9-8-10-29(22(26)2)40-33(43)23-11-13-24(14-12-23)35(3,4)5)39-32(31(21)42)38-25-15-16-27(28(36)20-25)34(44)37-17-18-41(6)7/h8-16,19-21H,17-18,36H2,1-7H3,(H,37,44)(H,38,39)(H,40,43). The van der Waals surface area contributed by atoms with Crippen LogP contribution in [0.2, 0.25) is 0 Å². The van der Waals surface area contributed by atoms with Crippen molar-refractivity contribution in [3.63, 3.8) is 0 Å². The molecule has 0 spiro atoms. The van der Waals surface area contributed by atoms with Gasteiger partial charge < -0.3 is 26.6 Å². The monoisotopic (exact) mass is 594 g/mol. The number of carbonyl (C=O) groups excluding carboxylic acids is 3. The molecular formula is C35H42N6O3. The Labute approximate surface area is 259 Å². The number of ketones is 1. The molecule has 230 valence electrons. The average molecular weight is 595 g/mol. The maximum Gasteiger partial charge on any atom is 0.255 e. The number of hydrogen-bond acceptors (Lipinski definition) is 7. The van der Waals surface area contributed by atoms with Crippen LogP contribution in [0.5, 0.6) is 0 Å². The van der Waals surface area contributed by atoms with Crippen LogP contribution in [-0.2, 0) is 10.2 Å². The van der Waals surface area contributed by atoms with Crippen LogP contribution in [0.3, 0.4) is 0 Å². The molecule has 3 aromatic carbocycles. The van der Waals surface area contributed by atoms with Gasteiger partial charge in [-0.25, -0.2) is 4.99 Å². The largest absolute Gasteiger partial charge is 0.398 e. The molecule has 5 N–H and O–H groups in total. The summed E-state index contributed by atoms with van der Waals surface area (Å²) in [5.41, 5.74) is 12.0. The Morgan fingerprint density at radius 1 is 1.00 bits per heavy atom. The fraction of sp³-hybridized carbons (Fsp3) is 0.314. The van der Waals surface area contributed by atoms with Crippen molar-refractivity contribution in [2.45, 2.75) is 40.0 Å². The van der Waals surface area contributed by atoms with Gasteiger partial charge in [-0.15, -0.1) is 0 Å². The highest BCUT2D eigenvalue weighted by Gasteiger charge is 2.25. The molecule has 9 nitrogen and oxygen atoms in total. The van der Waals surface area contributed by atoms with E-state index in [9.17, 15) is 14.4 Å². The van der Waals surface area contributed by atoms with Crippen molar-refractivity contribution >= 4 is 46.2 Å². The lowest BCUT2D eigenvalue weighted by atomic mass is 9.86. The van der Waals surface area contributed by atoms with Gasteiger partial charge in [-0.2, -0.15) is 0 Å². The van der Waals surface area contributed by atoms with Gasteiger partial charge in [-0.05, 0) is 80.0 Å². The molecule has 1 atom stereocenters. The molecule has 0 aromatic heterocycles. The second kappa shape index (κ2) is 13.3. The topological polar surface area (TPSA) is 129 Å². The molecule has 1 aliphatic heterocycles. The zero-order valence-electron chi connectivity index (χ0n) is 26.5. The molecule has 2 amide bonds. The van der Waals surface area contributed by atoms with Crippen molar-refractivity contribution in [1.29, 1.82) is 0 Å². The molecule has 0 saturated heterocycles. The third kappa shape index (κ3) is 7.60. The Hall–Kier alpha value is -4.76. The first-order valence-electron chi connectivity index (χ1n) is 14.7. The van der Waals surface area contributed by atoms with Crippen LogP contribution < -0.4 is 21.7 Å². The van der Waals surface area contributed by atoms with Gasteiger partial charge in [0.15, 0.2) is 5.84 Å². The van der Waals surface area contributed by atoms with Crippen LogP contribution in [0.25, 0.3) is 5.70 Å². The average Bonchev–Trinajstić information content (AvgIpc) is 2.96. The first-order chi connectivity index (χ1) is 20.7. The summed E-state index contributed by atoms with van der Waals surface area (Å²) >= 11 is 0. The smallest absolute Gasteiger partial charge is 0.255 e. The molecule has 0 radical (unpaired) electrons. The minimum absolute atomic E-state index is 0.00139. The van der Waals surface area contributed by atoms with Gasteiger partial charge in [-0.3, -0.25) is 14.4 Å². The van der Waals surface area contributed by atoms with Gasteiger partial charge in [0.2, 0.25) is 5.78 Å². The molecule has 0 bridgehead atoms. The van der Waals surface area contributed by atoms with Gasteiger partial charge in [0.25, 0.3) is 11.8 Å². The predicted octanol–water partition coefficient (Wildman–Crippen LogP) is 5.49. The van der Waals surface area contributed by atoms with E-state index in [2.05, 4.69) is 41.7 Å². The number of carbonyl (C=O) groups is 3. The Bertz CT molecular complexity index is 1630. The second-order valence-electron chi connectivity index (χ2n) is 12.4. The fourth-order valence-corrected chi connectivity index (χ4v) is 4.82. The Morgan fingerprint density at radius 2 is 1.70 bits per heavy atom. The highest BCUT2D eigenvalue weighted by atomic mass is 16.2. The molecule has 9 heteroatoms. The van der Waals surface area contributed by atoms with E-state index in [0.29, 0.717) is 41.3 Å². The Morgan fingerprint density at radius 3 is 2.34 bits per heavy atom. The van der Waals surface area contributed by atoms with Crippen LogP contribution in [0.15, 0.2) is 71.7 Å². The lowest BCUT2D eigenvalue weighted by molar-refractivity contribution is -0.114. The molecule has 0 saturated carbocycles. The van der Waals surface area contributed by atoms with Crippen LogP contribution >= 0.6 is 0 Å². The van der Waals surface area contributed by atoms with E-state index < -0.39 is 5.92 Å². The highest BCUT2D eigenvalue weighted by molar-refractivity contribution is 6.45. The first kappa shape index (κ1) is 32.2.